The van der Waals surface area contributed by atoms with Crippen molar-refractivity contribution in [3.05, 3.63) is 29.6 Å². The second-order valence-electron chi connectivity index (χ2n) is 6.32. The molecule has 0 aromatic heterocycles. The van der Waals surface area contributed by atoms with Crippen LogP contribution in [0.5, 0.6) is 5.75 Å². The molecule has 138 valence electrons. The number of rotatable bonds is 9. The van der Waals surface area contributed by atoms with Gasteiger partial charge in [0, 0.05) is 30.7 Å². The molecule has 1 heterocycles. The second-order valence-corrected chi connectivity index (χ2v) is 7.30. The van der Waals surface area contributed by atoms with E-state index in [9.17, 15) is 14.0 Å². The van der Waals surface area contributed by atoms with E-state index < -0.39 is 11.4 Å². The SMILES string of the molecule is COc1cc(C[C@@]2(CCC(=O)NCCSC)CCC(=O)N2)ccc1F. The predicted octanol–water partition coefficient (Wildman–Crippen LogP) is 2.29. The van der Waals surface area contributed by atoms with Crippen molar-refractivity contribution in [3.63, 3.8) is 0 Å². The van der Waals surface area contributed by atoms with Gasteiger partial charge in [-0.3, -0.25) is 9.59 Å². The Kier molecular flexibility index (Phi) is 7.11. The lowest BCUT2D eigenvalue weighted by atomic mass is 9.85. The Labute approximate surface area is 152 Å². The van der Waals surface area contributed by atoms with Crippen molar-refractivity contribution < 1.29 is 18.7 Å². The van der Waals surface area contributed by atoms with Gasteiger partial charge in [-0.1, -0.05) is 6.07 Å². The summed E-state index contributed by atoms with van der Waals surface area (Å²) in [6.07, 6.45) is 4.58. The van der Waals surface area contributed by atoms with Crippen LogP contribution < -0.4 is 15.4 Å². The lowest BCUT2D eigenvalue weighted by molar-refractivity contribution is -0.122. The Morgan fingerprint density at radius 1 is 1.48 bits per heavy atom. The summed E-state index contributed by atoms with van der Waals surface area (Å²) in [4.78, 5) is 23.8. The maximum Gasteiger partial charge on any atom is 0.220 e. The number of nitrogens with one attached hydrogen (secondary N) is 2. The Morgan fingerprint density at radius 3 is 2.92 bits per heavy atom. The predicted molar refractivity (Wildman–Crippen MR) is 97.4 cm³/mol. The highest BCUT2D eigenvalue weighted by atomic mass is 32.2. The molecule has 0 unspecified atom stereocenters. The topological polar surface area (TPSA) is 67.4 Å². The van der Waals surface area contributed by atoms with E-state index in [1.54, 1.807) is 23.9 Å². The van der Waals surface area contributed by atoms with E-state index >= 15 is 0 Å². The van der Waals surface area contributed by atoms with E-state index in [0.717, 1.165) is 11.3 Å². The van der Waals surface area contributed by atoms with Crippen molar-refractivity contribution in [1.29, 1.82) is 0 Å². The molecule has 0 aliphatic carbocycles. The number of halogens is 1. The molecule has 5 nitrogen and oxygen atoms in total. The van der Waals surface area contributed by atoms with Crippen LogP contribution in [0.15, 0.2) is 18.2 Å². The van der Waals surface area contributed by atoms with Crippen LogP contribution in [0.25, 0.3) is 0 Å². The molecular weight excluding hydrogens is 343 g/mol. The van der Waals surface area contributed by atoms with Gasteiger partial charge < -0.3 is 15.4 Å². The van der Waals surface area contributed by atoms with Crippen molar-refractivity contribution in [2.75, 3.05) is 25.7 Å². The smallest absolute Gasteiger partial charge is 0.220 e. The van der Waals surface area contributed by atoms with E-state index in [1.165, 1.54) is 13.2 Å². The number of thioether (sulfide) groups is 1. The molecule has 1 aromatic rings. The molecule has 1 aromatic carbocycles. The van der Waals surface area contributed by atoms with Gasteiger partial charge in [-0.2, -0.15) is 11.8 Å². The third-order valence-electron chi connectivity index (χ3n) is 4.45. The molecule has 25 heavy (non-hydrogen) atoms. The van der Waals surface area contributed by atoms with Crippen LogP contribution in [0.2, 0.25) is 0 Å². The van der Waals surface area contributed by atoms with Gasteiger partial charge in [-0.25, -0.2) is 4.39 Å². The minimum absolute atomic E-state index is 0.00290. The summed E-state index contributed by atoms with van der Waals surface area (Å²) in [5, 5.41) is 5.92. The van der Waals surface area contributed by atoms with Gasteiger partial charge in [0.2, 0.25) is 11.8 Å². The van der Waals surface area contributed by atoms with E-state index in [4.69, 9.17) is 4.74 Å². The van der Waals surface area contributed by atoms with Gasteiger partial charge in [-0.05, 0) is 43.2 Å². The maximum atomic E-state index is 13.6. The van der Waals surface area contributed by atoms with Crippen LogP contribution in [0, 0.1) is 5.82 Å². The van der Waals surface area contributed by atoms with Crippen molar-refractivity contribution >= 4 is 23.6 Å². The maximum absolute atomic E-state index is 13.6. The lowest BCUT2D eigenvalue weighted by Crippen LogP contribution is -2.44. The van der Waals surface area contributed by atoms with Gasteiger partial charge >= 0.3 is 0 Å². The molecule has 2 N–H and O–H groups in total. The van der Waals surface area contributed by atoms with Crippen LogP contribution in [0.3, 0.4) is 0 Å². The first-order valence-corrected chi connectivity index (χ1v) is 9.76. The van der Waals surface area contributed by atoms with Gasteiger partial charge in [0.1, 0.15) is 0 Å². The van der Waals surface area contributed by atoms with E-state index in [2.05, 4.69) is 10.6 Å². The molecule has 2 amide bonds. The number of hydrogen-bond acceptors (Lipinski definition) is 4. The van der Waals surface area contributed by atoms with E-state index in [0.29, 0.717) is 38.6 Å². The summed E-state index contributed by atoms with van der Waals surface area (Å²) in [5.74, 6) is 0.641. The zero-order valence-corrected chi connectivity index (χ0v) is 15.5. The first kappa shape index (κ1) is 19.6. The average molecular weight is 368 g/mol. The molecule has 1 atom stereocenters. The van der Waals surface area contributed by atoms with Crippen LogP contribution in [-0.4, -0.2) is 43.0 Å². The van der Waals surface area contributed by atoms with Crippen molar-refractivity contribution in [2.24, 2.45) is 0 Å². The fraction of sp³-hybridized carbons (Fsp3) is 0.556. The molecule has 1 saturated heterocycles. The van der Waals surface area contributed by atoms with Crippen LogP contribution in [0.1, 0.15) is 31.2 Å². The number of methoxy groups -OCH3 is 1. The lowest BCUT2D eigenvalue weighted by Gasteiger charge is -2.29. The number of amides is 2. The number of carbonyl (C=O) groups excluding carboxylic acids is 2. The quantitative estimate of drug-likeness (QED) is 0.656. The number of hydrogen-bond donors (Lipinski definition) is 2. The summed E-state index contributed by atoms with van der Waals surface area (Å²) >= 11 is 1.68. The number of benzene rings is 1. The Balaban J connectivity index is 2.02. The normalized spacial score (nSPS) is 19.6. The van der Waals surface area contributed by atoms with Gasteiger partial charge in [0.15, 0.2) is 11.6 Å². The van der Waals surface area contributed by atoms with E-state index in [-0.39, 0.29) is 17.6 Å². The minimum Gasteiger partial charge on any atom is -0.494 e. The van der Waals surface area contributed by atoms with Crippen LogP contribution in [-0.2, 0) is 16.0 Å². The Morgan fingerprint density at radius 2 is 2.28 bits per heavy atom. The first-order chi connectivity index (χ1) is 12.0. The molecule has 7 heteroatoms. The standard InChI is InChI=1S/C18H25FN2O3S/c1-24-15-11-13(3-4-14(15)19)12-18(8-6-17(23)21-18)7-5-16(22)20-9-10-25-2/h3-4,11H,5-10,12H2,1-2H3,(H,20,22)(H,21,23)/t18-/m1/s1. The highest BCUT2D eigenvalue weighted by molar-refractivity contribution is 7.98. The molecular formula is C18H25FN2O3S. The van der Waals surface area contributed by atoms with Gasteiger partial charge in [0.05, 0.1) is 7.11 Å². The summed E-state index contributed by atoms with van der Waals surface area (Å²) in [5.41, 5.74) is 0.416. The van der Waals surface area contributed by atoms with Gasteiger partial charge in [0.25, 0.3) is 0 Å². The van der Waals surface area contributed by atoms with E-state index in [1.807, 2.05) is 6.26 Å². The summed E-state index contributed by atoms with van der Waals surface area (Å²) in [7, 11) is 1.42. The molecule has 2 rings (SSSR count). The highest BCUT2D eigenvalue weighted by Crippen LogP contribution is 2.31. The molecule has 1 fully saturated rings. The minimum atomic E-state index is -0.462. The van der Waals surface area contributed by atoms with Crippen LogP contribution in [0.4, 0.5) is 4.39 Å². The van der Waals surface area contributed by atoms with Crippen LogP contribution >= 0.6 is 11.8 Å². The molecule has 0 saturated carbocycles. The third-order valence-corrected chi connectivity index (χ3v) is 5.06. The van der Waals surface area contributed by atoms with Crippen molar-refractivity contribution in [1.82, 2.24) is 10.6 Å². The number of ether oxygens (including phenoxy) is 1. The van der Waals surface area contributed by atoms with Crippen molar-refractivity contribution in [2.45, 2.75) is 37.6 Å². The summed E-state index contributed by atoms with van der Waals surface area (Å²) in [6.45, 7) is 0.647. The van der Waals surface area contributed by atoms with Gasteiger partial charge in [-0.15, -0.1) is 0 Å². The first-order valence-electron chi connectivity index (χ1n) is 8.37. The molecule has 1 aliphatic rings. The zero-order valence-electron chi connectivity index (χ0n) is 14.7. The summed E-state index contributed by atoms with van der Waals surface area (Å²) < 4.78 is 18.6. The monoisotopic (exact) mass is 368 g/mol. The average Bonchev–Trinajstić information content (AvgIpc) is 2.96. The Bertz CT molecular complexity index is 626. The summed E-state index contributed by atoms with van der Waals surface area (Å²) in [6, 6.07) is 4.72. The second kappa shape index (κ2) is 9.08. The fourth-order valence-corrected chi connectivity index (χ4v) is 3.43. The molecule has 0 radical (unpaired) electrons. The molecule has 1 aliphatic heterocycles. The molecule has 0 spiro atoms. The fourth-order valence-electron chi connectivity index (χ4n) is 3.12. The highest BCUT2D eigenvalue weighted by Gasteiger charge is 2.38. The zero-order chi connectivity index (χ0) is 18.3. The number of carbonyl (C=O) groups is 2. The Hall–Kier alpha value is -1.76. The molecule has 0 bridgehead atoms. The third kappa shape index (κ3) is 5.63. The largest absolute Gasteiger partial charge is 0.494 e. The van der Waals surface area contributed by atoms with Crippen molar-refractivity contribution in [3.8, 4) is 5.75 Å².